The van der Waals surface area contributed by atoms with E-state index >= 15 is 0 Å². The number of carbonyl (C=O) groups excluding carboxylic acids is 2. The smallest absolute Gasteiger partial charge is 0.240 e. The third kappa shape index (κ3) is 5.36. The van der Waals surface area contributed by atoms with Crippen LogP contribution < -0.4 is 10.6 Å². The molecule has 2 saturated heterocycles. The Morgan fingerprint density at radius 2 is 2.12 bits per heavy atom. The van der Waals surface area contributed by atoms with Crippen LogP contribution in [0.1, 0.15) is 18.4 Å². The number of rotatable bonds is 6. The average molecular weight is 382 g/mol. The van der Waals surface area contributed by atoms with Crippen LogP contribution in [0.3, 0.4) is 0 Å². The van der Waals surface area contributed by atoms with E-state index in [-0.39, 0.29) is 23.8 Å². The molecule has 1 unspecified atom stereocenters. The first-order chi connectivity index (χ1) is 12.1. The zero-order chi connectivity index (χ0) is 17.6. The predicted octanol–water partition coefficient (Wildman–Crippen LogP) is 1.90. The number of nitrogens with zero attached hydrogens (tertiary/aromatic N) is 1. The van der Waals surface area contributed by atoms with Gasteiger partial charge >= 0.3 is 0 Å². The Balaban J connectivity index is 1.35. The summed E-state index contributed by atoms with van der Waals surface area (Å²) >= 11 is 7.66. The van der Waals surface area contributed by atoms with Crippen molar-refractivity contribution in [2.75, 3.05) is 31.3 Å². The molecule has 0 bridgehead atoms. The minimum atomic E-state index is -0.120. The highest BCUT2D eigenvalue weighted by atomic mass is 35.5. The van der Waals surface area contributed by atoms with Crippen LogP contribution in [0.25, 0.3) is 0 Å². The van der Waals surface area contributed by atoms with Crippen LogP contribution in [0, 0.1) is 5.92 Å². The largest absolute Gasteiger partial charge is 0.356 e. The zero-order valence-corrected chi connectivity index (χ0v) is 15.7. The summed E-state index contributed by atoms with van der Waals surface area (Å²) in [5, 5.41) is 6.98. The van der Waals surface area contributed by atoms with E-state index in [0.29, 0.717) is 13.0 Å². The summed E-state index contributed by atoms with van der Waals surface area (Å²) in [5.41, 5.74) is 1.15. The molecule has 25 heavy (non-hydrogen) atoms. The molecule has 0 aromatic heterocycles. The third-order valence-corrected chi connectivity index (χ3v) is 5.93. The van der Waals surface area contributed by atoms with E-state index in [0.717, 1.165) is 48.1 Å². The van der Waals surface area contributed by atoms with Gasteiger partial charge in [0.25, 0.3) is 0 Å². The van der Waals surface area contributed by atoms with E-state index < -0.39 is 0 Å². The molecular formula is C18H24ClN3O2S. The summed E-state index contributed by atoms with van der Waals surface area (Å²) in [5.74, 6) is 2.31. The molecule has 5 nitrogen and oxygen atoms in total. The molecule has 2 heterocycles. The Bertz CT molecular complexity index is 605. The van der Waals surface area contributed by atoms with Crippen LogP contribution in [0.4, 0.5) is 0 Å². The molecule has 3 rings (SSSR count). The summed E-state index contributed by atoms with van der Waals surface area (Å²) < 4.78 is 0. The fourth-order valence-electron chi connectivity index (χ4n) is 3.29. The van der Waals surface area contributed by atoms with Gasteiger partial charge in [-0.15, -0.1) is 11.8 Å². The van der Waals surface area contributed by atoms with Gasteiger partial charge in [-0.1, -0.05) is 23.7 Å². The summed E-state index contributed by atoms with van der Waals surface area (Å²) in [6.45, 7) is 2.20. The lowest BCUT2D eigenvalue weighted by Gasteiger charge is -2.19. The molecule has 0 radical (unpaired) electrons. The van der Waals surface area contributed by atoms with Crippen molar-refractivity contribution in [1.82, 2.24) is 15.5 Å². The number of amides is 2. The molecule has 2 atom stereocenters. The third-order valence-electron chi connectivity index (χ3n) is 4.71. The summed E-state index contributed by atoms with van der Waals surface area (Å²) in [6, 6.07) is 7.55. The lowest BCUT2D eigenvalue weighted by Crippen LogP contribution is -2.42. The SMILES string of the molecule is O=C(CC1CN[C@H](C(=O)N2CCSC2)C1)NCCc1ccc(Cl)cc1. The monoisotopic (exact) mass is 381 g/mol. The second-order valence-electron chi connectivity index (χ2n) is 6.63. The fraction of sp³-hybridized carbons (Fsp3) is 0.556. The Morgan fingerprint density at radius 3 is 2.84 bits per heavy atom. The average Bonchev–Trinajstić information content (AvgIpc) is 3.28. The van der Waals surface area contributed by atoms with Crippen LogP contribution in [-0.4, -0.2) is 54.0 Å². The van der Waals surface area contributed by atoms with Crippen LogP contribution >= 0.6 is 23.4 Å². The van der Waals surface area contributed by atoms with Crippen LogP contribution in [-0.2, 0) is 16.0 Å². The Kier molecular flexibility index (Phi) is 6.62. The zero-order valence-electron chi connectivity index (χ0n) is 14.2. The first-order valence-electron chi connectivity index (χ1n) is 8.73. The highest BCUT2D eigenvalue weighted by Gasteiger charge is 2.33. The molecule has 0 aliphatic carbocycles. The van der Waals surface area contributed by atoms with Gasteiger partial charge < -0.3 is 15.5 Å². The van der Waals surface area contributed by atoms with Gasteiger partial charge in [0.2, 0.25) is 11.8 Å². The molecule has 7 heteroatoms. The molecule has 1 aromatic carbocycles. The number of carbonyl (C=O) groups is 2. The topological polar surface area (TPSA) is 61.4 Å². The Morgan fingerprint density at radius 1 is 1.32 bits per heavy atom. The van der Waals surface area contributed by atoms with Crippen molar-refractivity contribution < 1.29 is 9.59 Å². The van der Waals surface area contributed by atoms with Crippen molar-refractivity contribution in [3.05, 3.63) is 34.9 Å². The van der Waals surface area contributed by atoms with Crippen LogP contribution in [0.2, 0.25) is 5.02 Å². The van der Waals surface area contributed by atoms with Gasteiger partial charge in [-0.05, 0) is 43.0 Å². The second kappa shape index (κ2) is 8.92. The molecule has 1 aromatic rings. The maximum atomic E-state index is 12.4. The highest BCUT2D eigenvalue weighted by molar-refractivity contribution is 7.99. The van der Waals surface area contributed by atoms with Gasteiger partial charge in [-0.25, -0.2) is 0 Å². The molecule has 2 aliphatic rings. The number of nitrogens with one attached hydrogen (secondary N) is 2. The molecule has 136 valence electrons. The van der Waals surface area contributed by atoms with E-state index in [4.69, 9.17) is 11.6 Å². The fourth-order valence-corrected chi connectivity index (χ4v) is 4.37. The number of hydrogen-bond acceptors (Lipinski definition) is 4. The van der Waals surface area contributed by atoms with E-state index in [1.165, 1.54) is 0 Å². The van der Waals surface area contributed by atoms with Crippen LogP contribution in [0.5, 0.6) is 0 Å². The van der Waals surface area contributed by atoms with Gasteiger partial charge in [0.15, 0.2) is 0 Å². The van der Waals surface area contributed by atoms with Gasteiger partial charge in [0, 0.05) is 30.3 Å². The van der Waals surface area contributed by atoms with E-state index in [1.54, 1.807) is 11.8 Å². The lowest BCUT2D eigenvalue weighted by molar-refractivity contribution is -0.131. The van der Waals surface area contributed by atoms with E-state index in [9.17, 15) is 9.59 Å². The second-order valence-corrected chi connectivity index (χ2v) is 8.14. The van der Waals surface area contributed by atoms with E-state index in [1.807, 2.05) is 29.2 Å². The molecule has 2 N–H and O–H groups in total. The number of benzene rings is 1. The van der Waals surface area contributed by atoms with Crippen molar-refractivity contribution >= 4 is 35.2 Å². The van der Waals surface area contributed by atoms with Crippen molar-refractivity contribution in [1.29, 1.82) is 0 Å². The first kappa shape index (κ1) is 18.5. The Labute approximate surface area is 157 Å². The Hall–Kier alpha value is -1.24. The van der Waals surface area contributed by atoms with Crippen molar-refractivity contribution in [3.63, 3.8) is 0 Å². The van der Waals surface area contributed by atoms with Crippen molar-refractivity contribution in [3.8, 4) is 0 Å². The van der Waals surface area contributed by atoms with Gasteiger partial charge in [-0.3, -0.25) is 9.59 Å². The number of thioether (sulfide) groups is 1. The quantitative estimate of drug-likeness (QED) is 0.790. The lowest BCUT2D eigenvalue weighted by atomic mass is 10.0. The predicted molar refractivity (Wildman–Crippen MR) is 102 cm³/mol. The minimum absolute atomic E-state index is 0.0607. The molecule has 2 fully saturated rings. The molecular weight excluding hydrogens is 358 g/mol. The van der Waals surface area contributed by atoms with Crippen molar-refractivity contribution in [2.24, 2.45) is 5.92 Å². The van der Waals surface area contributed by atoms with Crippen LogP contribution in [0.15, 0.2) is 24.3 Å². The van der Waals surface area contributed by atoms with Gasteiger partial charge in [0.1, 0.15) is 0 Å². The summed E-state index contributed by atoms with van der Waals surface area (Å²) in [4.78, 5) is 26.4. The van der Waals surface area contributed by atoms with Crippen molar-refractivity contribution in [2.45, 2.75) is 25.3 Å². The number of hydrogen-bond donors (Lipinski definition) is 2. The normalized spacial score (nSPS) is 23.0. The number of halogens is 1. The summed E-state index contributed by atoms with van der Waals surface area (Å²) in [7, 11) is 0. The highest BCUT2D eigenvalue weighted by Crippen LogP contribution is 2.22. The molecule has 0 saturated carbocycles. The molecule has 2 aliphatic heterocycles. The maximum Gasteiger partial charge on any atom is 0.240 e. The standard InChI is InChI=1S/C18H24ClN3O2S/c19-15-3-1-13(2-4-15)5-6-20-17(23)10-14-9-16(21-11-14)18(24)22-7-8-25-12-22/h1-4,14,16,21H,5-12H2,(H,20,23)/t14?,16-/m0/s1. The molecule has 2 amide bonds. The minimum Gasteiger partial charge on any atom is -0.356 e. The molecule has 0 spiro atoms. The van der Waals surface area contributed by atoms with Gasteiger partial charge in [0.05, 0.1) is 11.9 Å². The maximum absolute atomic E-state index is 12.4. The van der Waals surface area contributed by atoms with Gasteiger partial charge in [-0.2, -0.15) is 0 Å². The first-order valence-corrected chi connectivity index (χ1v) is 10.3. The summed E-state index contributed by atoms with van der Waals surface area (Å²) in [6.07, 6.45) is 2.02. The van der Waals surface area contributed by atoms with E-state index in [2.05, 4.69) is 10.6 Å².